The van der Waals surface area contributed by atoms with Crippen molar-refractivity contribution in [1.29, 1.82) is 0 Å². The van der Waals surface area contributed by atoms with Gasteiger partial charge in [-0.25, -0.2) is 0 Å². The maximum absolute atomic E-state index is 7.28. The molecule has 2 aliphatic rings. The third-order valence-corrected chi connectivity index (χ3v) is 20.5. The zero-order valence-corrected chi connectivity index (χ0v) is 24.7. The van der Waals surface area contributed by atoms with Gasteiger partial charge in [-0.15, -0.1) is 0 Å². The number of halogens is 2. The highest BCUT2D eigenvalue weighted by Crippen LogP contribution is 2.57. The van der Waals surface area contributed by atoms with Gasteiger partial charge in [0.05, 0.1) is 0 Å². The van der Waals surface area contributed by atoms with Gasteiger partial charge in [0.15, 0.2) is 14.8 Å². The van der Waals surface area contributed by atoms with Gasteiger partial charge in [0.25, 0.3) is 0 Å². The van der Waals surface area contributed by atoms with Crippen LogP contribution in [0.25, 0.3) is 0 Å². The standard InChI is InChI=1S/C26H44Cl2Si2/c1-19-17-25(7,23(5)21(19)3)29(9,27)15-13-11-12-14-16-30(10,28)26(8)18-20(2)22(4)24(26)6/h17-18H,11-16H2,1-10H3. The highest BCUT2D eigenvalue weighted by molar-refractivity contribution is 7.22. The number of allylic oxidation sites excluding steroid dienone is 8. The monoisotopic (exact) mass is 482 g/mol. The lowest BCUT2D eigenvalue weighted by atomic mass is 10.0. The minimum atomic E-state index is -1.89. The summed E-state index contributed by atoms with van der Waals surface area (Å²) in [6, 6.07) is 2.38. The van der Waals surface area contributed by atoms with E-state index in [2.05, 4.69) is 80.6 Å². The van der Waals surface area contributed by atoms with E-state index in [1.807, 2.05) is 0 Å². The van der Waals surface area contributed by atoms with Gasteiger partial charge in [0.2, 0.25) is 0 Å². The molecule has 2 aliphatic carbocycles. The van der Waals surface area contributed by atoms with E-state index in [1.165, 1.54) is 71.2 Å². The predicted molar refractivity (Wildman–Crippen MR) is 144 cm³/mol. The summed E-state index contributed by atoms with van der Waals surface area (Å²) in [5, 5.41) is 0.209. The van der Waals surface area contributed by atoms with E-state index in [9.17, 15) is 0 Å². The lowest BCUT2D eigenvalue weighted by molar-refractivity contribution is 0.682. The normalized spacial score (nSPS) is 31.1. The predicted octanol–water partition coefficient (Wildman–Crippen LogP) is 10.3. The summed E-state index contributed by atoms with van der Waals surface area (Å²) in [7, 11) is -3.78. The van der Waals surface area contributed by atoms with Crippen molar-refractivity contribution in [3.05, 3.63) is 45.6 Å². The zero-order valence-electron chi connectivity index (χ0n) is 21.2. The first-order valence-corrected chi connectivity index (χ1v) is 19.2. The fraction of sp³-hybridized carbons (Fsp3) is 0.692. The molecule has 170 valence electrons. The Morgan fingerprint density at radius 3 is 1.17 bits per heavy atom. The number of hydrogen-bond donors (Lipinski definition) is 0. The first kappa shape index (κ1) is 26.2. The van der Waals surface area contributed by atoms with Crippen molar-refractivity contribution in [2.75, 3.05) is 0 Å². The highest BCUT2D eigenvalue weighted by Gasteiger charge is 2.49. The smallest absolute Gasteiger partial charge is 0.166 e. The molecular weight excluding hydrogens is 439 g/mol. The average Bonchev–Trinajstić information content (AvgIpc) is 2.98. The van der Waals surface area contributed by atoms with Gasteiger partial charge >= 0.3 is 0 Å². The molecular formula is C26H44Cl2Si2. The SMILES string of the molecule is CC1=CC(C)([Si](C)(Cl)CCCCCC[Si](C)(Cl)C2(C)C=C(C)C(C)=C2C)C(C)=C1C. The summed E-state index contributed by atoms with van der Waals surface area (Å²) >= 11 is 14.6. The molecule has 0 heterocycles. The summed E-state index contributed by atoms with van der Waals surface area (Å²) in [5.74, 6) is 0. The molecule has 0 bridgehead atoms. The van der Waals surface area contributed by atoms with Crippen LogP contribution in [0.3, 0.4) is 0 Å². The van der Waals surface area contributed by atoms with Crippen LogP contribution in [0.1, 0.15) is 81.1 Å². The van der Waals surface area contributed by atoms with Crippen molar-refractivity contribution < 1.29 is 0 Å². The molecule has 0 saturated heterocycles. The molecule has 0 fully saturated rings. The van der Waals surface area contributed by atoms with Crippen LogP contribution in [0.5, 0.6) is 0 Å². The maximum Gasteiger partial charge on any atom is 0.167 e. The van der Waals surface area contributed by atoms with E-state index < -0.39 is 14.8 Å². The second-order valence-electron chi connectivity index (χ2n) is 10.9. The Bertz CT molecular complexity index is 745. The summed E-state index contributed by atoms with van der Waals surface area (Å²) < 4.78 is 0. The number of hydrogen-bond acceptors (Lipinski definition) is 0. The number of rotatable bonds is 9. The molecule has 0 aromatic carbocycles. The fourth-order valence-corrected chi connectivity index (χ4v) is 13.4. The van der Waals surface area contributed by atoms with Gasteiger partial charge in [-0.05, 0) is 64.8 Å². The molecule has 2 rings (SSSR count). The van der Waals surface area contributed by atoms with E-state index in [0.717, 1.165) is 0 Å². The van der Waals surface area contributed by atoms with Crippen LogP contribution < -0.4 is 0 Å². The third kappa shape index (κ3) is 4.54. The third-order valence-electron chi connectivity index (χ3n) is 9.08. The molecule has 0 nitrogen and oxygen atoms in total. The van der Waals surface area contributed by atoms with Crippen LogP contribution in [0, 0.1) is 0 Å². The molecule has 0 radical (unpaired) electrons. The molecule has 4 unspecified atom stereocenters. The average molecular weight is 484 g/mol. The second kappa shape index (κ2) is 9.08. The van der Waals surface area contributed by atoms with Crippen LogP contribution in [-0.4, -0.2) is 14.8 Å². The van der Waals surface area contributed by atoms with E-state index in [-0.39, 0.29) is 10.1 Å². The molecule has 30 heavy (non-hydrogen) atoms. The van der Waals surface area contributed by atoms with Crippen LogP contribution in [0.4, 0.5) is 0 Å². The van der Waals surface area contributed by atoms with Gasteiger partial charge in [-0.2, -0.15) is 22.2 Å². The topological polar surface area (TPSA) is 0 Å². The molecule has 0 N–H and O–H groups in total. The zero-order chi connectivity index (χ0) is 23.1. The fourth-order valence-electron chi connectivity index (χ4n) is 5.54. The summed E-state index contributed by atoms with van der Waals surface area (Å²) in [6.45, 7) is 23.0. The van der Waals surface area contributed by atoms with Crippen LogP contribution in [0.15, 0.2) is 45.6 Å². The lowest BCUT2D eigenvalue weighted by Crippen LogP contribution is -2.37. The van der Waals surface area contributed by atoms with Crippen molar-refractivity contribution in [2.45, 2.75) is 116 Å². The van der Waals surface area contributed by atoms with Crippen molar-refractivity contribution in [2.24, 2.45) is 0 Å². The molecule has 0 aromatic heterocycles. The number of unbranched alkanes of at least 4 members (excludes halogenated alkanes) is 3. The Labute approximate surface area is 198 Å². The van der Waals surface area contributed by atoms with Crippen molar-refractivity contribution in [3.63, 3.8) is 0 Å². The molecule has 0 spiro atoms. The summed E-state index contributed by atoms with van der Waals surface area (Å²) in [5.41, 5.74) is 8.75. The molecule has 0 aromatic rings. The van der Waals surface area contributed by atoms with Gasteiger partial charge in [-0.3, -0.25) is 0 Å². The van der Waals surface area contributed by atoms with Gasteiger partial charge in [0, 0.05) is 10.1 Å². The molecule has 0 aliphatic heterocycles. The van der Waals surface area contributed by atoms with Crippen LogP contribution >= 0.6 is 22.2 Å². The van der Waals surface area contributed by atoms with Crippen molar-refractivity contribution in [3.8, 4) is 0 Å². The molecule has 0 saturated carbocycles. The summed E-state index contributed by atoms with van der Waals surface area (Å²) in [6.07, 6.45) is 9.95. The first-order chi connectivity index (χ1) is 13.6. The van der Waals surface area contributed by atoms with E-state index in [0.29, 0.717) is 0 Å². The molecule has 0 amide bonds. The Morgan fingerprint density at radius 2 is 0.933 bits per heavy atom. The Balaban J connectivity index is 1.85. The summed E-state index contributed by atoms with van der Waals surface area (Å²) in [4.78, 5) is 0. The van der Waals surface area contributed by atoms with Crippen molar-refractivity contribution in [1.82, 2.24) is 0 Å². The minimum Gasteiger partial charge on any atom is -0.166 e. The van der Waals surface area contributed by atoms with Gasteiger partial charge < -0.3 is 0 Å². The Kier molecular flexibility index (Phi) is 7.94. The van der Waals surface area contributed by atoms with E-state index in [4.69, 9.17) is 22.2 Å². The highest BCUT2D eigenvalue weighted by atomic mass is 35.6. The van der Waals surface area contributed by atoms with E-state index in [1.54, 1.807) is 0 Å². The van der Waals surface area contributed by atoms with Crippen molar-refractivity contribution >= 4 is 36.9 Å². The van der Waals surface area contributed by atoms with Crippen LogP contribution in [0.2, 0.25) is 35.3 Å². The van der Waals surface area contributed by atoms with Gasteiger partial charge in [-0.1, -0.05) is 87.1 Å². The van der Waals surface area contributed by atoms with E-state index >= 15 is 0 Å². The lowest BCUT2D eigenvalue weighted by Gasteiger charge is -2.38. The van der Waals surface area contributed by atoms with Crippen LogP contribution in [-0.2, 0) is 0 Å². The first-order valence-electron chi connectivity index (χ1n) is 11.7. The maximum atomic E-state index is 7.28. The van der Waals surface area contributed by atoms with Gasteiger partial charge in [0.1, 0.15) is 0 Å². The Morgan fingerprint density at radius 1 is 0.633 bits per heavy atom. The molecule has 4 heteroatoms. The second-order valence-corrected chi connectivity index (χ2v) is 23.7. The Hall–Kier alpha value is -0.0262. The minimum absolute atomic E-state index is 0.104. The quantitative estimate of drug-likeness (QED) is 0.174. The molecule has 4 atom stereocenters. The largest absolute Gasteiger partial charge is 0.167 e.